The summed E-state index contributed by atoms with van der Waals surface area (Å²) in [5, 5.41) is 2.90. The number of methoxy groups -OCH3 is 1. The molecule has 0 spiro atoms. The zero-order valence-corrected chi connectivity index (χ0v) is 10.7. The molecule has 18 heavy (non-hydrogen) atoms. The third-order valence-electron chi connectivity index (χ3n) is 2.32. The van der Waals surface area contributed by atoms with Crippen molar-refractivity contribution >= 4 is 11.6 Å². The Morgan fingerprint density at radius 1 is 1.28 bits per heavy atom. The Bertz CT molecular complexity index is 353. The molecule has 1 rings (SSSR count). The van der Waals surface area contributed by atoms with Crippen molar-refractivity contribution < 1.29 is 17.9 Å². The van der Waals surface area contributed by atoms with Crippen molar-refractivity contribution in [3.05, 3.63) is 35.4 Å². The van der Waals surface area contributed by atoms with E-state index in [1.54, 1.807) is 7.11 Å². The summed E-state index contributed by atoms with van der Waals surface area (Å²) in [5.41, 5.74) is 0.144. The van der Waals surface area contributed by atoms with Gasteiger partial charge in [0.25, 0.3) is 0 Å². The summed E-state index contributed by atoms with van der Waals surface area (Å²) >= 11 is 5.90. The quantitative estimate of drug-likeness (QED) is 0.809. The first kappa shape index (κ1) is 15.3. The average Bonchev–Trinajstić information content (AvgIpc) is 2.29. The predicted molar refractivity (Wildman–Crippen MR) is 64.7 cm³/mol. The highest BCUT2D eigenvalue weighted by Crippen LogP contribution is 2.28. The molecule has 0 aliphatic carbocycles. The average molecular weight is 282 g/mol. The van der Waals surface area contributed by atoms with Crippen molar-refractivity contribution in [2.45, 2.75) is 18.1 Å². The van der Waals surface area contributed by atoms with Crippen LogP contribution in [0, 0.1) is 0 Å². The van der Waals surface area contributed by atoms with Crippen LogP contribution in [0.2, 0.25) is 0 Å². The van der Waals surface area contributed by atoms with Crippen molar-refractivity contribution in [3.63, 3.8) is 0 Å². The smallest absolute Gasteiger partial charge is 0.383 e. The molecule has 1 unspecified atom stereocenters. The minimum Gasteiger partial charge on any atom is -0.383 e. The maximum atomic E-state index is 12.3. The topological polar surface area (TPSA) is 21.3 Å². The first-order valence-corrected chi connectivity index (χ1v) is 5.87. The second kappa shape index (κ2) is 6.97. The lowest BCUT2D eigenvalue weighted by atomic mass is 10.1. The fourth-order valence-electron chi connectivity index (χ4n) is 1.42. The minimum atomic E-state index is -4.29. The summed E-state index contributed by atoms with van der Waals surface area (Å²) in [6, 6.07) is 5.06. The predicted octanol–water partition coefficient (Wildman–Crippen LogP) is 3.05. The molecule has 0 bridgehead atoms. The lowest BCUT2D eigenvalue weighted by molar-refractivity contribution is -0.137. The van der Waals surface area contributed by atoms with Crippen LogP contribution in [0.1, 0.15) is 11.1 Å². The van der Waals surface area contributed by atoms with E-state index in [4.69, 9.17) is 16.3 Å². The second-order valence-corrected chi connectivity index (χ2v) is 4.50. The van der Waals surface area contributed by atoms with Crippen molar-refractivity contribution in [2.24, 2.45) is 0 Å². The van der Waals surface area contributed by atoms with Gasteiger partial charge < -0.3 is 10.1 Å². The van der Waals surface area contributed by atoms with Crippen LogP contribution in [-0.4, -0.2) is 25.6 Å². The van der Waals surface area contributed by atoms with Gasteiger partial charge >= 0.3 is 6.18 Å². The molecule has 1 atom stereocenters. The third kappa shape index (κ3) is 5.25. The molecule has 2 nitrogen and oxygen atoms in total. The number of halogens is 4. The summed E-state index contributed by atoms with van der Waals surface area (Å²) < 4.78 is 41.8. The molecule has 6 heteroatoms. The molecule has 1 aromatic carbocycles. The number of nitrogens with one attached hydrogen (secondary N) is 1. The molecule has 0 aromatic heterocycles. The molecular formula is C12H15ClF3NO. The Labute approximate surface area is 109 Å². The van der Waals surface area contributed by atoms with Crippen molar-refractivity contribution in [1.29, 1.82) is 0 Å². The maximum absolute atomic E-state index is 12.3. The van der Waals surface area contributed by atoms with Gasteiger partial charge in [0.1, 0.15) is 0 Å². The van der Waals surface area contributed by atoms with Crippen molar-refractivity contribution in [2.75, 3.05) is 20.3 Å². The summed E-state index contributed by atoms with van der Waals surface area (Å²) in [5.74, 6) is 0. The van der Waals surface area contributed by atoms with E-state index in [-0.39, 0.29) is 5.38 Å². The third-order valence-corrected chi connectivity index (χ3v) is 2.60. The maximum Gasteiger partial charge on any atom is 0.416 e. The zero-order chi connectivity index (χ0) is 13.6. The van der Waals surface area contributed by atoms with Crippen LogP contribution < -0.4 is 5.32 Å². The number of hydrogen-bond acceptors (Lipinski definition) is 2. The minimum absolute atomic E-state index is 0.149. The highest BCUT2D eigenvalue weighted by Gasteiger charge is 2.29. The van der Waals surface area contributed by atoms with E-state index in [1.807, 2.05) is 0 Å². The van der Waals surface area contributed by atoms with Gasteiger partial charge in [-0.25, -0.2) is 0 Å². The lowest BCUT2D eigenvalue weighted by Crippen LogP contribution is -2.25. The summed E-state index contributed by atoms with van der Waals surface area (Å²) in [6.07, 6.45) is -4.29. The summed E-state index contributed by atoms with van der Waals surface area (Å²) in [6.45, 7) is 1.45. The number of benzene rings is 1. The Hall–Kier alpha value is -0.780. The van der Waals surface area contributed by atoms with Crippen LogP contribution in [0.25, 0.3) is 0 Å². The van der Waals surface area contributed by atoms with Crippen LogP contribution in [-0.2, 0) is 17.5 Å². The normalized spacial score (nSPS) is 13.6. The molecule has 1 N–H and O–H groups in total. The van der Waals surface area contributed by atoms with Gasteiger partial charge in [-0.1, -0.05) is 12.1 Å². The van der Waals surface area contributed by atoms with Gasteiger partial charge in [-0.15, -0.1) is 11.6 Å². The zero-order valence-electron chi connectivity index (χ0n) is 9.93. The molecule has 0 fully saturated rings. The first-order valence-electron chi connectivity index (χ1n) is 5.43. The molecule has 0 aliphatic rings. The molecule has 0 saturated carbocycles. The molecule has 102 valence electrons. The van der Waals surface area contributed by atoms with E-state index < -0.39 is 11.7 Å². The highest BCUT2D eigenvalue weighted by atomic mass is 35.5. The molecule has 0 radical (unpaired) electrons. The number of alkyl halides is 4. The molecular weight excluding hydrogens is 267 g/mol. The fraction of sp³-hybridized carbons (Fsp3) is 0.500. The first-order chi connectivity index (χ1) is 8.43. The van der Waals surface area contributed by atoms with Gasteiger partial charge in [0.05, 0.1) is 17.5 Å². The van der Waals surface area contributed by atoms with E-state index in [1.165, 1.54) is 12.1 Å². The number of ether oxygens (including phenoxy) is 1. The number of hydrogen-bond donors (Lipinski definition) is 1. The largest absolute Gasteiger partial charge is 0.416 e. The number of rotatable bonds is 6. The van der Waals surface area contributed by atoms with Gasteiger partial charge in [0.2, 0.25) is 0 Å². The standard InChI is InChI=1S/C12H15ClF3NO/c1-18-8-11(13)7-17-6-9-2-4-10(5-3-9)12(14,15)16/h2-5,11,17H,6-8H2,1H3. The Kier molecular flexibility index (Phi) is 5.91. The Morgan fingerprint density at radius 3 is 2.39 bits per heavy atom. The Balaban J connectivity index is 2.40. The lowest BCUT2D eigenvalue weighted by Gasteiger charge is -2.11. The van der Waals surface area contributed by atoms with Crippen LogP contribution in [0.15, 0.2) is 24.3 Å². The van der Waals surface area contributed by atoms with Crippen LogP contribution in [0.3, 0.4) is 0 Å². The highest BCUT2D eigenvalue weighted by molar-refractivity contribution is 6.20. The van der Waals surface area contributed by atoms with Crippen molar-refractivity contribution in [1.82, 2.24) is 5.32 Å². The van der Waals surface area contributed by atoms with Gasteiger partial charge in [0, 0.05) is 20.2 Å². The van der Waals surface area contributed by atoms with Gasteiger partial charge in [0.15, 0.2) is 0 Å². The van der Waals surface area contributed by atoms with Crippen LogP contribution in [0.4, 0.5) is 13.2 Å². The second-order valence-electron chi connectivity index (χ2n) is 3.88. The van der Waals surface area contributed by atoms with Crippen LogP contribution >= 0.6 is 11.6 Å². The van der Waals surface area contributed by atoms with E-state index in [0.29, 0.717) is 19.7 Å². The molecule has 0 saturated heterocycles. The van der Waals surface area contributed by atoms with Crippen molar-refractivity contribution in [3.8, 4) is 0 Å². The van der Waals surface area contributed by atoms with E-state index in [9.17, 15) is 13.2 Å². The van der Waals surface area contributed by atoms with E-state index >= 15 is 0 Å². The molecule has 0 aliphatic heterocycles. The molecule has 0 amide bonds. The molecule has 1 aromatic rings. The van der Waals surface area contributed by atoms with Gasteiger partial charge in [-0.2, -0.15) is 13.2 Å². The van der Waals surface area contributed by atoms with Gasteiger partial charge in [-0.05, 0) is 17.7 Å². The van der Waals surface area contributed by atoms with E-state index in [0.717, 1.165) is 17.7 Å². The Morgan fingerprint density at radius 2 is 1.89 bits per heavy atom. The molecule has 0 heterocycles. The fourth-order valence-corrected chi connectivity index (χ4v) is 1.66. The monoisotopic (exact) mass is 281 g/mol. The summed E-state index contributed by atoms with van der Waals surface area (Å²) in [4.78, 5) is 0. The van der Waals surface area contributed by atoms with Crippen LogP contribution in [0.5, 0.6) is 0 Å². The SMILES string of the molecule is COCC(Cl)CNCc1ccc(C(F)(F)F)cc1. The van der Waals surface area contributed by atoms with E-state index in [2.05, 4.69) is 5.32 Å². The summed E-state index contributed by atoms with van der Waals surface area (Å²) in [7, 11) is 1.56. The van der Waals surface area contributed by atoms with Gasteiger partial charge in [-0.3, -0.25) is 0 Å².